The van der Waals surface area contributed by atoms with Gasteiger partial charge in [-0.05, 0) is 22.4 Å². The van der Waals surface area contributed by atoms with Crippen LogP contribution in [0, 0.1) is 5.92 Å². The lowest BCUT2D eigenvalue weighted by Crippen LogP contribution is -2.24. The lowest BCUT2D eigenvalue weighted by Gasteiger charge is -1.93. The molecule has 1 aromatic heterocycles. The zero-order chi connectivity index (χ0) is 8.39. The van der Waals surface area contributed by atoms with Gasteiger partial charge in [-0.25, -0.2) is 0 Å². The van der Waals surface area contributed by atoms with Crippen LogP contribution in [0.25, 0.3) is 12.2 Å². The minimum absolute atomic E-state index is 0.518. The van der Waals surface area contributed by atoms with Crippen LogP contribution >= 0.6 is 0 Å². The summed E-state index contributed by atoms with van der Waals surface area (Å²) in [6.45, 7) is 2.18. The molecule has 1 nitrogen and oxygen atoms in total. The Bertz CT molecular complexity index is 415. The van der Waals surface area contributed by atoms with Gasteiger partial charge in [0.05, 0.1) is 0 Å². The molecule has 0 fully saturated rings. The van der Waals surface area contributed by atoms with Crippen LogP contribution in [-0.4, -0.2) is 4.98 Å². The summed E-state index contributed by atoms with van der Waals surface area (Å²) in [5, 5.41) is 2.49. The molecule has 2 rings (SSSR count). The monoisotopic (exact) mass is 157 g/mol. The molecule has 0 N–H and O–H groups in total. The number of rotatable bonds is 0. The van der Waals surface area contributed by atoms with Crippen LogP contribution in [0.5, 0.6) is 0 Å². The van der Waals surface area contributed by atoms with Crippen molar-refractivity contribution >= 4 is 12.2 Å². The summed E-state index contributed by atoms with van der Waals surface area (Å²) in [4.78, 5) is 4.08. The average Bonchev–Trinajstić information content (AvgIpc) is 2.25. The second-order valence-electron chi connectivity index (χ2n) is 3.08. The summed E-state index contributed by atoms with van der Waals surface area (Å²) < 4.78 is 0. The van der Waals surface area contributed by atoms with Crippen LogP contribution in [0.4, 0.5) is 0 Å². The first-order valence-corrected chi connectivity index (χ1v) is 4.17. The first kappa shape index (κ1) is 7.29. The summed E-state index contributed by atoms with van der Waals surface area (Å²) >= 11 is 0. The molecular formula is C11H11N. The SMILES string of the molecule is CC1C=CC=c2cnccc2=C1. The van der Waals surface area contributed by atoms with Gasteiger partial charge in [0.2, 0.25) is 0 Å². The van der Waals surface area contributed by atoms with Gasteiger partial charge in [0.1, 0.15) is 0 Å². The lowest BCUT2D eigenvalue weighted by molar-refractivity contribution is 0.997. The summed E-state index contributed by atoms with van der Waals surface area (Å²) in [7, 11) is 0. The van der Waals surface area contributed by atoms with Crippen LogP contribution < -0.4 is 10.4 Å². The maximum Gasteiger partial charge on any atom is 0.0346 e. The van der Waals surface area contributed by atoms with Crippen molar-refractivity contribution in [2.24, 2.45) is 5.92 Å². The van der Waals surface area contributed by atoms with Gasteiger partial charge < -0.3 is 0 Å². The second kappa shape index (κ2) is 2.94. The lowest BCUT2D eigenvalue weighted by atomic mass is 10.1. The molecule has 12 heavy (non-hydrogen) atoms. The van der Waals surface area contributed by atoms with Gasteiger partial charge >= 0.3 is 0 Å². The van der Waals surface area contributed by atoms with Crippen LogP contribution in [-0.2, 0) is 0 Å². The molecule has 0 radical (unpaired) electrons. The van der Waals surface area contributed by atoms with Crippen molar-refractivity contribution in [3.63, 3.8) is 0 Å². The fraction of sp³-hybridized carbons (Fsp3) is 0.182. The predicted molar refractivity (Wildman–Crippen MR) is 50.7 cm³/mol. The third-order valence-electron chi connectivity index (χ3n) is 2.02. The first-order chi connectivity index (χ1) is 5.86. The van der Waals surface area contributed by atoms with Crippen LogP contribution in [0.15, 0.2) is 30.6 Å². The third-order valence-corrected chi connectivity index (χ3v) is 2.02. The van der Waals surface area contributed by atoms with Gasteiger partial charge in [-0.2, -0.15) is 0 Å². The van der Waals surface area contributed by atoms with Gasteiger partial charge in [-0.15, -0.1) is 0 Å². The molecule has 1 heterocycles. The quantitative estimate of drug-likeness (QED) is 0.544. The highest BCUT2D eigenvalue weighted by atomic mass is 14.6. The molecule has 0 amide bonds. The summed E-state index contributed by atoms with van der Waals surface area (Å²) in [5.74, 6) is 0.518. The van der Waals surface area contributed by atoms with Gasteiger partial charge in [-0.1, -0.05) is 31.2 Å². The van der Waals surface area contributed by atoms with E-state index in [4.69, 9.17) is 0 Å². The maximum atomic E-state index is 4.08. The molecule has 1 aliphatic rings. The highest BCUT2D eigenvalue weighted by Gasteiger charge is 1.93. The number of fused-ring (bicyclic) bond motifs is 1. The Morgan fingerprint density at radius 3 is 3.17 bits per heavy atom. The number of pyridine rings is 1. The molecule has 0 saturated carbocycles. The van der Waals surface area contributed by atoms with E-state index >= 15 is 0 Å². The second-order valence-corrected chi connectivity index (χ2v) is 3.08. The van der Waals surface area contributed by atoms with E-state index in [9.17, 15) is 0 Å². The minimum Gasteiger partial charge on any atom is -0.264 e. The van der Waals surface area contributed by atoms with Crippen molar-refractivity contribution in [1.29, 1.82) is 0 Å². The molecule has 0 aromatic carbocycles. The van der Waals surface area contributed by atoms with Crippen molar-refractivity contribution < 1.29 is 0 Å². The Labute approximate surface area is 71.8 Å². The number of aromatic nitrogens is 1. The summed E-state index contributed by atoms with van der Waals surface area (Å²) in [6.07, 6.45) is 12.4. The number of hydrogen-bond acceptors (Lipinski definition) is 1. The normalized spacial score (nSPS) is 20.2. The third kappa shape index (κ3) is 1.30. The maximum absolute atomic E-state index is 4.08. The molecule has 0 aliphatic heterocycles. The Morgan fingerprint density at radius 1 is 1.33 bits per heavy atom. The fourth-order valence-electron chi connectivity index (χ4n) is 1.38. The van der Waals surface area contributed by atoms with Crippen molar-refractivity contribution in [2.45, 2.75) is 6.92 Å². The Hall–Kier alpha value is -1.37. The Kier molecular flexibility index (Phi) is 1.78. The molecule has 1 atom stereocenters. The highest BCUT2D eigenvalue weighted by Crippen LogP contribution is 1.99. The molecular weight excluding hydrogens is 146 g/mol. The Balaban J connectivity index is 2.75. The van der Waals surface area contributed by atoms with Crippen molar-refractivity contribution in [2.75, 3.05) is 0 Å². The molecule has 0 spiro atoms. The molecule has 1 aliphatic carbocycles. The van der Waals surface area contributed by atoms with Crippen molar-refractivity contribution in [3.05, 3.63) is 41.0 Å². The van der Waals surface area contributed by atoms with Gasteiger partial charge in [0, 0.05) is 12.4 Å². The number of nitrogens with zero attached hydrogens (tertiary/aromatic N) is 1. The fourth-order valence-corrected chi connectivity index (χ4v) is 1.38. The van der Waals surface area contributed by atoms with E-state index in [2.05, 4.69) is 42.3 Å². The molecule has 1 heteroatoms. The topological polar surface area (TPSA) is 12.9 Å². The van der Waals surface area contributed by atoms with Gasteiger partial charge in [-0.3, -0.25) is 4.98 Å². The van der Waals surface area contributed by atoms with Crippen LogP contribution in [0.1, 0.15) is 6.92 Å². The standard InChI is InChI=1S/C11H11N/c1-9-3-2-4-11-8-12-6-5-10(11)7-9/h2-9H,1H3. The summed E-state index contributed by atoms with van der Waals surface area (Å²) in [5.41, 5.74) is 0. The van der Waals surface area contributed by atoms with Crippen LogP contribution in [0.3, 0.4) is 0 Å². The van der Waals surface area contributed by atoms with Crippen molar-refractivity contribution in [1.82, 2.24) is 4.98 Å². The minimum atomic E-state index is 0.518. The van der Waals surface area contributed by atoms with E-state index in [0.717, 1.165) is 0 Å². The predicted octanol–water partition coefficient (Wildman–Crippen LogP) is 0.849. The molecule has 0 saturated heterocycles. The highest BCUT2D eigenvalue weighted by molar-refractivity contribution is 5.44. The van der Waals surface area contributed by atoms with Crippen LogP contribution in [0.2, 0.25) is 0 Å². The van der Waals surface area contributed by atoms with Gasteiger partial charge in [0.15, 0.2) is 0 Å². The van der Waals surface area contributed by atoms with Gasteiger partial charge in [0.25, 0.3) is 0 Å². The Morgan fingerprint density at radius 2 is 2.25 bits per heavy atom. The van der Waals surface area contributed by atoms with E-state index in [0.29, 0.717) is 5.92 Å². The van der Waals surface area contributed by atoms with E-state index in [-0.39, 0.29) is 0 Å². The number of allylic oxidation sites excluding steroid dienone is 2. The molecule has 60 valence electrons. The number of hydrogen-bond donors (Lipinski definition) is 0. The van der Waals surface area contributed by atoms with E-state index in [1.54, 1.807) is 0 Å². The first-order valence-electron chi connectivity index (χ1n) is 4.17. The average molecular weight is 157 g/mol. The molecule has 1 aromatic rings. The largest absolute Gasteiger partial charge is 0.264 e. The zero-order valence-corrected chi connectivity index (χ0v) is 7.07. The zero-order valence-electron chi connectivity index (χ0n) is 7.07. The van der Waals surface area contributed by atoms with E-state index < -0.39 is 0 Å². The molecule has 1 unspecified atom stereocenters. The molecule has 0 bridgehead atoms. The van der Waals surface area contributed by atoms with E-state index in [1.165, 1.54) is 10.4 Å². The smallest absolute Gasteiger partial charge is 0.0346 e. The summed E-state index contributed by atoms with van der Waals surface area (Å²) in [6, 6.07) is 2.05. The van der Waals surface area contributed by atoms with Crippen molar-refractivity contribution in [3.8, 4) is 0 Å². The van der Waals surface area contributed by atoms with E-state index in [1.807, 2.05) is 12.4 Å².